The van der Waals surface area contributed by atoms with Gasteiger partial charge < -0.3 is 10.1 Å². The third kappa shape index (κ3) is 7.08. The summed E-state index contributed by atoms with van der Waals surface area (Å²) in [6.45, 7) is 11.2. The van der Waals surface area contributed by atoms with E-state index in [1.807, 2.05) is 38.1 Å². The summed E-state index contributed by atoms with van der Waals surface area (Å²) >= 11 is 0. The van der Waals surface area contributed by atoms with E-state index in [4.69, 9.17) is 4.74 Å². The first kappa shape index (κ1) is 24.9. The standard InChI is InChI=1S/C24H34N2O4S/c1-6-16-26(17-7-2)31(28,29)22-14-10-20(11-15-22)25-23(27)18-30-21-12-8-19(9-13-21)24(3,4)5/h8-15H,6-7,16-18H2,1-5H3,(H,25,27). The molecule has 170 valence electrons. The first-order valence-electron chi connectivity index (χ1n) is 10.7. The van der Waals surface area contributed by atoms with Gasteiger partial charge in [0.1, 0.15) is 5.75 Å². The maximum atomic E-state index is 12.8. The minimum absolute atomic E-state index is 0.0552. The molecule has 2 rings (SSSR count). The van der Waals surface area contributed by atoms with Gasteiger partial charge in [-0.1, -0.05) is 46.8 Å². The molecule has 1 N–H and O–H groups in total. The van der Waals surface area contributed by atoms with Crippen LogP contribution in [0.15, 0.2) is 53.4 Å². The zero-order valence-electron chi connectivity index (χ0n) is 19.1. The van der Waals surface area contributed by atoms with Crippen molar-refractivity contribution in [3.63, 3.8) is 0 Å². The van der Waals surface area contributed by atoms with E-state index in [-0.39, 0.29) is 22.8 Å². The Bertz CT molecular complexity index is 941. The summed E-state index contributed by atoms with van der Waals surface area (Å²) in [7, 11) is -3.54. The molecule has 2 aromatic rings. The van der Waals surface area contributed by atoms with Crippen molar-refractivity contribution in [2.75, 3.05) is 25.0 Å². The Morgan fingerprint density at radius 3 is 1.97 bits per heavy atom. The van der Waals surface area contributed by atoms with Gasteiger partial charge in [-0.05, 0) is 60.2 Å². The Morgan fingerprint density at radius 1 is 0.935 bits per heavy atom. The van der Waals surface area contributed by atoms with Crippen LogP contribution in [-0.4, -0.2) is 38.3 Å². The molecule has 0 heterocycles. The molecule has 0 saturated carbocycles. The minimum atomic E-state index is -3.54. The topological polar surface area (TPSA) is 75.7 Å². The Morgan fingerprint density at radius 2 is 1.48 bits per heavy atom. The van der Waals surface area contributed by atoms with E-state index in [9.17, 15) is 13.2 Å². The molecule has 6 nitrogen and oxygen atoms in total. The summed E-state index contributed by atoms with van der Waals surface area (Å²) in [6.07, 6.45) is 1.51. The van der Waals surface area contributed by atoms with E-state index in [2.05, 4.69) is 26.1 Å². The number of amides is 1. The van der Waals surface area contributed by atoms with Crippen LogP contribution in [0.2, 0.25) is 0 Å². The maximum absolute atomic E-state index is 12.8. The van der Waals surface area contributed by atoms with Crippen LogP contribution in [-0.2, 0) is 20.2 Å². The summed E-state index contributed by atoms with van der Waals surface area (Å²) in [6, 6.07) is 13.9. The van der Waals surface area contributed by atoms with Crippen molar-refractivity contribution < 1.29 is 17.9 Å². The lowest BCUT2D eigenvalue weighted by atomic mass is 9.87. The molecule has 0 aliphatic carbocycles. The van der Waals surface area contributed by atoms with Gasteiger partial charge in [-0.15, -0.1) is 0 Å². The van der Waals surface area contributed by atoms with Crippen LogP contribution >= 0.6 is 0 Å². The van der Waals surface area contributed by atoms with Crippen LogP contribution in [0.4, 0.5) is 5.69 Å². The molecule has 0 aliphatic rings. The lowest BCUT2D eigenvalue weighted by Gasteiger charge is -2.21. The molecule has 0 bridgehead atoms. The van der Waals surface area contributed by atoms with Crippen molar-refractivity contribution in [3.05, 3.63) is 54.1 Å². The normalized spacial score (nSPS) is 12.1. The Kier molecular flexibility index (Phi) is 8.65. The first-order valence-corrected chi connectivity index (χ1v) is 12.1. The van der Waals surface area contributed by atoms with Gasteiger partial charge in [0, 0.05) is 18.8 Å². The summed E-state index contributed by atoms with van der Waals surface area (Å²) in [5.74, 6) is 0.311. The summed E-state index contributed by atoms with van der Waals surface area (Å²) in [4.78, 5) is 12.4. The third-order valence-corrected chi connectivity index (χ3v) is 6.73. The minimum Gasteiger partial charge on any atom is -0.484 e. The average molecular weight is 447 g/mol. The Hall–Kier alpha value is -2.38. The fraction of sp³-hybridized carbons (Fsp3) is 0.458. The van der Waals surface area contributed by atoms with Crippen LogP contribution < -0.4 is 10.1 Å². The monoisotopic (exact) mass is 446 g/mol. The molecular formula is C24H34N2O4S. The quantitative estimate of drug-likeness (QED) is 0.568. The largest absolute Gasteiger partial charge is 0.484 e. The molecule has 0 atom stereocenters. The second-order valence-electron chi connectivity index (χ2n) is 8.54. The first-order chi connectivity index (χ1) is 14.6. The van der Waals surface area contributed by atoms with Gasteiger partial charge >= 0.3 is 0 Å². The molecule has 7 heteroatoms. The van der Waals surface area contributed by atoms with E-state index in [1.54, 1.807) is 12.1 Å². The van der Waals surface area contributed by atoms with E-state index in [0.717, 1.165) is 12.8 Å². The number of hydrogen-bond acceptors (Lipinski definition) is 4. The lowest BCUT2D eigenvalue weighted by Crippen LogP contribution is -2.32. The fourth-order valence-electron chi connectivity index (χ4n) is 3.11. The van der Waals surface area contributed by atoms with Crippen LogP contribution in [0.5, 0.6) is 5.75 Å². The van der Waals surface area contributed by atoms with Gasteiger partial charge in [0.2, 0.25) is 10.0 Å². The van der Waals surface area contributed by atoms with Gasteiger partial charge in [-0.2, -0.15) is 4.31 Å². The number of benzene rings is 2. The van der Waals surface area contributed by atoms with Crippen LogP contribution in [0.1, 0.15) is 53.0 Å². The van der Waals surface area contributed by atoms with Gasteiger partial charge in [0.05, 0.1) is 4.90 Å². The molecule has 0 saturated heterocycles. The molecule has 31 heavy (non-hydrogen) atoms. The number of nitrogens with zero attached hydrogens (tertiary/aromatic N) is 1. The maximum Gasteiger partial charge on any atom is 0.262 e. The molecular weight excluding hydrogens is 412 g/mol. The molecule has 0 radical (unpaired) electrons. The summed E-state index contributed by atoms with van der Waals surface area (Å²) in [5.41, 5.74) is 1.77. The average Bonchev–Trinajstić information content (AvgIpc) is 2.72. The molecule has 0 aromatic heterocycles. The number of sulfonamides is 1. The lowest BCUT2D eigenvalue weighted by molar-refractivity contribution is -0.118. The van der Waals surface area contributed by atoms with Crippen molar-refractivity contribution >= 4 is 21.6 Å². The molecule has 0 unspecified atom stereocenters. The molecule has 0 spiro atoms. The van der Waals surface area contributed by atoms with Crippen molar-refractivity contribution in [2.45, 2.75) is 57.8 Å². The smallest absolute Gasteiger partial charge is 0.262 e. The highest BCUT2D eigenvalue weighted by Crippen LogP contribution is 2.24. The van der Waals surface area contributed by atoms with E-state index >= 15 is 0 Å². The zero-order valence-corrected chi connectivity index (χ0v) is 20.0. The molecule has 0 aliphatic heterocycles. The van der Waals surface area contributed by atoms with Crippen molar-refractivity contribution in [1.82, 2.24) is 4.31 Å². The second kappa shape index (κ2) is 10.8. The molecule has 0 fully saturated rings. The van der Waals surface area contributed by atoms with Crippen LogP contribution in [0.3, 0.4) is 0 Å². The van der Waals surface area contributed by atoms with Gasteiger partial charge in [0.15, 0.2) is 6.61 Å². The Balaban J connectivity index is 1.95. The van der Waals surface area contributed by atoms with Crippen LogP contribution in [0, 0.1) is 0 Å². The Labute approximate surface area is 186 Å². The fourth-order valence-corrected chi connectivity index (χ4v) is 4.73. The van der Waals surface area contributed by atoms with Crippen LogP contribution in [0.25, 0.3) is 0 Å². The number of rotatable bonds is 10. The number of carbonyl (C=O) groups excluding carboxylic acids is 1. The van der Waals surface area contributed by atoms with E-state index in [0.29, 0.717) is 24.5 Å². The predicted octanol–water partition coefficient (Wildman–Crippen LogP) is 4.81. The van der Waals surface area contributed by atoms with Crippen molar-refractivity contribution in [2.24, 2.45) is 0 Å². The highest BCUT2D eigenvalue weighted by molar-refractivity contribution is 7.89. The molecule has 2 aromatic carbocycles. The van der Waals surface area contributed by atoms with Gasteiger partial charge in [0.25, 0.3) is 5.91 Å². The number of nitrogens with one attached hydrogen (secondary N) is 1. The molecule has 1 amide bonds. The van der Waals surface area contributed by atoms with E-state index < -0.39 is 10.0 Å². The summed E-state index contributed by atoms with van der Waals surface area (Å²) < 4.78 is 32.7. The van der Waals surface area contributed by atoms with E-state index in [1.165, 1.54) is 22.0 Å². The number of carbonyl (C=O) groups is 1. The zero-order chi connectivity index (χ0) is 23.1. The SMILES string of the molecule is CCCN(CCC)S(=O)(=O)c1ccc(NC(=O)COc2ccc(C(C)(C)C)cc2)cc1. The van der Waals surface area contributed by atoms with Crippen molar-refractivity contribution in [1.29, 1.82) is 0 Å². The van der Waals surface area contributed by atoms with Gasteiger partial charge in [-0.25, -0.2) is 8.42 Å². The summed E-state index contributed by atoms with van der Waals surface area (Å²) in [5, 5.41) is 2.73. The highest BCUT2D eigenvalue weighted by atomic mass is 32.2. The second-order valence-corrected chi connectivity index (χ2v) is 10.5. The number of anilines is 1. The van der Waals surface area contributed by atoms with Gasteiger partial charge in [-0.3, -0.25) is 4.79 Å². The number of hydrogen-bond donors (Lipinski definition) is 1. The third-order valence-electron chi connectivity index (χ3n) is 4.81. The number of ether oxygens (including phenoxy) is 1. The predicted molar refractivity (Wildman–Crippen MR) is 125 cm³/mol. The highest BCUT2D eigenvalue weighted by Gasteiger charge is 2.23. The van der Waals surface area contributed by atoms with Crippen molar-refractivity contribution in [3.8, 4) is 5.75 Å².